The number of hydrogen-bond acceptors (Lipinski definition) is 3. The number of aliphatic imine (C=N–C) groups is 1. The molecule has 1 heterocycles. The van der Waals surface area contributed by atoms with Gasteiger partial charge in [0.1, 0.15) is 5.56 Å². The molecule has 0 saturated carbocycles. The molecule has 1 aromatic carbocycles. The van der Waals surface area contributed by atoms with E-state index in [2.05, 4.69) is 10.1 Å². The van der Waals surface area contributed by atoms with Gasteiger partial charge in [0.25, 0.3) is 0 Å². The van der Waals surface area contributed by atoms with E-state index < -0.39 is 0 Å². The van der Waals surface area contributed by atoms with Crippen LogP contribution in [0.25, 0.3) is 0 Å². The molecule has 2 rings (SSSR count). The van der Waals surface area contributed by atoms with Gasteiger partial charge in [-0.15, -0.1) is 0 Å². The third-order valence-electron chi connectivity index (χ3n) is 2.29. The van der Waals surface area contributed by atoms with Crippen molar-refractivity contribution in [1.29, 1.82) is 0 Å². The number of benzene rings is 1. The highest BCUT2D eigenvalue weighted by atomic mass is 16.5. The second kappa shape index (κ2) is 4.18. The Labute approximate surface area is 92.6 Å². The molecule has 0 aliphatic heterocycles. The Balaban J connectivity index is 2.44. The Morgan fingerprint density at radius 1 is 1.31 bits per heavy atom. The Kier molecular flexibility index (Phi) is 2.72. The first-order valence-corrected chi connectivity index (χ1v) is 4.97. The van der Waals surface area contributed by atoms with Gasteiger partial charge >= 0.3 is 5.63 Å². The summed E-state index contributed by atoms with van der Waals surface area (Å²) in [5.41, 5.74) is 2.29. The second-order valence-electron chi connectivity index (χ2n) is 3.52. The van der Waals surface area contributed by atoms with E-state index in [1.165, 1.54) is 0 Å². The first kappa shape index (κ1) is 10.4. The van der Waals surface area contributed by atoms with Crippen molar-refractivity contribution in [3.63, 3.8) is 0 Å². The van der Waals surface area contributed by atoms with Crippen molar-refractivity contribution >= 4 is 11.4 Å². The van der Waals surface area contributed by atoms with Gasteiger partial charge < -0.3 is 4.52 Å². The lowest BCUT2D eigenvalue weighted by Crippen LogP contribution is -2.08. The fraction of sp³-hybridized carbons (Fsp3) is 0.167. The third kappa shape index (κ3) is 1.95. The van der Waals surface area contributed by atoms with Crippen molar-refractivity contribution in [3.8, 4) is 0 Å². The van der Waals surface area contributed by atoms with Crippen molar-refractivity contribution in [2.75, 3.05) is 0 Å². The largest absolute Gasteiger partial charge is 0.366 e. The van der Waals surface area contributed by atoms with Crippen LogP contribution in [-0.2, 0) is 0 Å². The summed E-state index contributed by atoms with van der Waals surface area (Å²) in [6.45, 7) is 3.57. The zero-order chi connectivity index (χ0) is 11.5. The molecular weight excluding hydrogens is 204 g/mol. The number of para-hydroxylation sites is 1. The molecule has 0 bridgehead atoms. The Morgan fingerprint density at radius 3 is 2.56 bits per heavy atom. The molecule has 0 amide bonds. The summed E-state index contributed by atoms with van der Waals surface area (Å²) in [4.78, 5) is 15.8. The smallest absolute Gasteiger partial charge is 0.338 e. The zero-order valence-corrected chi connectivity index (χ0v) is 9.15. The summed E-state index contributed by atoms with van der Waals surface area (Å²) < 4.78 is 4.69. The van der Waals surface area contributed by atoms with E-state index in [0.717, 1.165) is 5.69 Å². The van der Waals surface area contributed by atoms with E-state index in [4.69, 9.17) is 4.52 Å². The molecule has 2 aromatic rings. The molecule has 4 heteroatoms. The van der Waals surface area contributed by atoms with Crippen molar-refractivity contribution < 1.29 is 4.52 Å². The quantitative estimate of drug-likeness (QED) is 0.783. The van der Waals surface area contributed by atoms with Crippen LogP contribution in [0.2, 0.25) is 0 Å². The number of nitrogens with zero attached hydrogens (tertiary/aromatic N) is 1. The predicted molar refractivity (Wildman–Crippen MR) is 62.4 cm³/mol. The van der Waals surface area contributed by atoms with Gasteiger partial charge in [0.2, 0.25) is 0 Å². The second-order valence-corrected chi connectivity index (χ2v) is 3.52. The topological polar surface area (TPSA) is 58.4 Å². The molecule has 0 aliphatic rings. The van der Waals surface area contributed by atoms with Crippen LogP contribution in [0.1, 0.15) is 18.2 Å². The molecule has 1 aromatic heterocycles. The molecule has 0 aliphatic carbocycles. The van der Waals surface area contributed by atoms with Gasteiger partial charge in [-0.2, -0.15) is 0 Å². The highest BCUT2D eigenvalue weighted by Crippen LogP contribution is 2.12. The number of rotatable bonds is 2. The number of H-pyrrole nitrogens is 1. The summed E-state index contributed by atoms with van der Waals surface area (Å²) in [5, 5.41) is 2.54. The number of aromatic nitrogens is 1. The van der Waals surface area contributed by atoms with E-state index in [1.807, 2.05) is 30.3 Å². The maximum atomic E-state index is 11.4. The van der Waals surface area contributed by atoms with E-state index in [1.54, 1.807) is 13.8 Å². The predicted octanol–water partition coefficient (Wildman–Crippen LogP) is 2.42. The van der Waals surface area contributed by atoms with Crippen LogP contribution in [0.15, 0.2) is 44.6 Å². The molecule has 0 radical (unpaired) electrons. The number of aromatic amines is 1. The fourth-order valence-corrected chi connectivity index (χ4v) is 1.55. The summed E-state index contributed by atoms with van der Waals surface area (Å²) in [7, 11) is 0. The first-order chi connectivity index (χ1) is 7.68. The van der Waals surface area contributed by atoms with Gasteiger partial charge in [0.05, 0.1) is 17.1 Å². The number of aryl methyl sites for hydroxylation is 1. The van der Waals surface area contributed by atoms with Gasteiger partial charge in [-0.25, -0.2) is 9.95 Å². The molecule has 82 valence electrons. The van der Waals surface area contributed by atoms with Crippen LogP contribution in [-0.4, -0.2) is 10.9 Å². The third-order valence-corrected chi connectivity index (χ3v) is 2.29. The molecule has 16 heavy (non-hydrogen) atoms. The minimum Gasteiger partial charge on any atom is -0.338 e. The van der Waals surface area contributed by atoms with Crippen molar-refractivity contribution in [2.24, 2.45) is 4.99 Å². The zero-order valence-electron chi connectivity index (χ0n) is 9.15. The lowest BCUT2D eigenvalue weighted by Gasteiger charge is -1.97. The Bertz CT molecular complexity index is 564. The van der Waals surface area contributed by atoms with Crippen LogP contribution in [0.3, 0.4) is 0 Å². The first-order valence-electron chi connectivity index (χ1n) is 4.97. The van der Waals surface area contributed by atoms with E-state index >= 15 is 0 Å². The van der Waals surface area contributed by atoms with Crippen LogP contribution >= 0.6 is 0 Å². The fourth-order valence-electron chi connectivity index (χ4n) is 1.55. The highest BCUT2D eigenvalue weighted by Gasteiger charge is 2.11. The molecule has 0 atom stereocenters. The Morgan fingerprint density at radius 2 is 2.00 bits per heavy atom. The van der Waals surface area contributed by atoms with Crippen LogP contribution in [0.4, 0.5) is 5.69 Å². The average Bonchev–Trinajstić information content (AvgIpc) is 2.60. The summed E-state index contributed by atoms with van der Waals surface area (Å²) in [6.07, 6.45) is 0. The maximum Gasteiger partial charge on any atom is 0.366 e. The van der Waals surface area contributed by atoms with Gasteiger partial charge in [0.15, 0.2) is 0 Å². The van der Waals surface area contributed by atoms with Gasteiger partial charge in [-0.05, 0) is 26.0 Å². The lowest BCUT2D eigenvalue weighted by molar-refractivity contribution is 0.387. The number of hydrogen-bond donors (Lipinski definition) is 1. The Hall–Kier alpha value is -2.10. The molecule has 0 unspecified atom stereocenters. The van der Waals surface area contributed by atoms with E-state index in [0.29, 0.717) is 17.0 Å². The van der Waals surface area contributed by atoms with Crippen molar-refractivity contribution in [2.45, 2.75) is 13.8 Å². The van der Waals surface area contributed by atoms with E-state index in [-0.39, 0.29) is 5.63 Å². The van der Waals surface area contributed by atoms with Crippen LogP contribution < -0.4 is 5.63 Å². The average molecular weight is 216 g/mol. The minimum atomic E-state index is -0.380. The normalized spacial score (nSPS) is 11.8. The summed E-state index contributed by atoms with van der Waals surface area (Å²) >= 11 is 0. The van der Waals surface area contributed by atoms with Crippen LogP contribution in [0.5, 0.6) is 0 Å². The van der Waals surface area contributed by atoms with Gasteiger partial charge in [0, 0.05) is 0 Å². The van der Waals surface area contributed by atoms with E-state index in [9.17, 15) is 4.79 Å². The number of nitrogens with one attached hydrogen (secondary N) is 1. The molecule has 0 fully saturated rings. The maximum absolute atomic E-state index is 11.4. The standard InChI is InChI=1S/C12H12N2O2/c1-8(11-9(2)14-16-12(11)15)13-10-6-4-3-5-7-10/h3-7,14H,1-2H3. The molecule has 4 nitrogen and oxygen atoms in total. The molecule has 1 N–H and O–H groups in total. The van der Waals surface area contributed by atoms with Crippen molar-refractivity contribution in [3.05, 3.63) is 52.0 Å². The minimum absolute atomic E-state index is 0.380. The summed E-state index contributed by atoms with van der Waals surface area (Å²) in [5.74, 6) is 0. The SMILES string of the molecule is CC(=Nc1ccccc1)c1c(C)[nH]oc1=O. The van der Waals surface area contributed by atoms with Gasteiger partial charge in [-0.1, -0.05) is 18.2 Å². The molecular formula is C12H12N2O2. The highest BCUT2D eigenvalue weighted by molar-refractivity contribution is 6.00. The van der Waals surface area contributed by atoms with Crippen LogP contribution in [0, 0.1) is 6.92 Å². The van der Waals surface area contributed by atoms with Crippen molar-refractivity contribution in [1.82, 2.24) is 5.16 Å². The lowest BCUT2D eigenvalue weighted by atomic mass is 10.2. The van der Waals surface area contributed by atoms with Gasteiger partial charge in [-0.3, -0.25) is 4.99 Å². The summed E-state index contributed by atoms with van der Waals surface area (Å²) in [6, 6.07) is 9.49. The molecule has 0 saturated heterocycles. The monoisotopic (exact) mass is 216 g/mol. The molecule has 0 spiro atoms.